The van der Waals surface area contributed by atoms with Gasteiger partial charge in [-0.15, -0.1) is 0 Å². The molecule has 0 aliphatic carbocycles. The minimum atomic E-state index is 0.418. The van der Waals surface area contributed by atoms with Crippen LogP contribution in [-0.4, -0.2) is 59.9 Å². The minimum Gasteiger partial charge on any atom is -0.492 e. The number of rotatable bonds is 17. The average molecular weight is 392 g/mol. The van der Waals surface area contributed by atoms with Crippen LogP contribution >= 0.6 is 0 Å². The van der Waals surface area contributed by atoms with Crippen LogP contribution in [-0.2, 0) is 18.9 Å². The third-order valence-electron chi connectivity index (χ3n) is 3.38. The molecule has 0 radical (unpaired) electrons. The van der Waals surface area contributed by atoms with Gasteiger partial charge in [-0.2, -0.15) is 0 Å². The lowest BCUT2D eigenvalue weighted by molar-refractivity contribution is 0.00171. The number of hydrogen-bond acceptors (Lipinski definition) is 7. The number of ether oxygens (including phenoxy) is 5. The van der Waals surface area contributed by atoms with Crippen molar-refractivity contribution in [1.82, 2.24) is 0 Å². The fraction of sp³-hybridized carbons (Fsp3) is 0.429. The molecule has 0 saturated heterocycles. The lowest BCUT2D eigenvalue weighted by Gasteiger charge is -2.09. The molecule has 0 aliphatic heterocycles. The summed E-state index contributed by atoms with van der Waals surface area (Å²) in [4.78, 5) is 0. The van der Waals surface area contributed by atoms with E-state index in [1.807, 2.05) is 31.3 Å². The van der Waals surface area contributed by atoms with E-state index in [4.69, 9.17) is 29.4 Å². The van der Waals surface area contributed by atoms with Gasteiger partial charge in [-0.1, -0.05) is 13.2 Å². The van der Waals surface area contributed by atoms with E-state index < -0.39 is 0 Å². The van der Waals surface area contributed by atoms with Crippen molar-refractivity contribution in [3.63, 3.8) is 0 Å². The predicted octanol–water partition coefficient (Wildman–Crippen LogP) is 2.72. The highest BCUT2D eigenvalue weighted by atomic mass is 16.6. The van der Waals surface area contributed by atoms with E-state index in [9.17, 15) is 0 Å². The van der Waals surface area contributed by atoms with Crippen molar-refractivity contribution in [1.29, 1.82) is 0 Å². The quantitative estimate of drug-likeness (QED) is 0.240. The van der Waals surface area contributed by atoms with Gasteiger partial charge in [-0.05, 0) is 36.4 Å². The average Bonchev–Trinajstić information content (AvgIpc) is 2.70. The summed E-state index contributed by atoms with van der Waals surface area (Å²) in [6, 6.07) is 7.77. The highest BCUT2D eigenvalue weighted by molar-refractivity contribution is 5.45. The van der Waals surface area contributed by atoms with Gasteiger partial charge in [0.1, 0.15) is 24.7 Å². The highest BCUT2D eigenvalue weighted by Gasteiger charge is 1.96. The molecule has 0 atom stereocenters. The molecule has 0 amide bonds. The molecule has 7 heteroatoms. The van der Waals surface area contributed by atoms with Crippen LogP contribution in [0, 0.1) is 0 Å². The van der Waals surface area contributed by atoms with Crippen molar-refractivity contribution < 1.29 is 23.7 Å². The monoisotopic (exact) mass is 392 g/mol. The lowest BCUT2D eigenvalue weighted by Crippen LogP contribution is -2.13. The van der Waals surface area contributed by atoms with Crippen LogP contribution in [0.4, 0.5) is 5.69 Å². The van der Waals surface area contributed by atoms with Gasteiger partial charge in [0.05, 0.1) is 39.6 Å². The molecule has 0 heterocycles. The molecule has 1 aromatic rings. The Morgan fingerprint density at radius 1 is 0.857 bits per heavy atom. The minimum absolute atomic E-state index is 0.418. The van der Waals surface area contributed by atoms with Gasteiger partial charge in [-0.25, -0.2) is 0 Å². The molecule has 0 aromatic heterocycles. The Morgan fingerprint density at radius 2 is 1.39 bits per heavy atom. The molecule has 28 heavy (non-hydrogen) atoms. The summed E-state index contributed by atoms with van der Waals surface area (Å²) >= 11 is 0. The van der Waals surface area contributed by atoms with E-state index in [0.717, 1.165) is 11.4 Å². The Balaban J connectivity index is 1.84. The number of benzene rings is 1. The Labute approximate surface area is 167 Å². The van der Waals surface area contributed by atoms with E-state index in [1.165, 1.54) is 0 Å². The van der Waals surface area contributed by atoms with Crippen LogP contribution in [0.2, 0.25) is 0 Å². The van der Waals surface area contributed by atoms with Crippen molar-refractivity contribution in [3.05, 3.63) is 61.0 Å². The van der Waals surface area contributed by atoms with Crippen molar-refractivity contribution >= 4 is 5.69 Å². The Kier molecular flexibility index (Phi) is 13.1. The summed E-state index contributed by atoms with van der Waals surface area (Å²) in [6.07, 6.45) is 3.29. The summed E-state index contributed by atoms with van der Waals surface area (Å²) in [7, 11) is 1.88. The van der Waals surface area contributed by atoms with Gasteiger partial charge >= 0.3 is 0 Å². The zero-order chi connectivity index (χ0) is 20.5. The zero-order valence-electron chi connectivity index (χ0n) is 16.7. The predicted molar refractivity (Wildman–Crippen MR) is 112 cm³/mol. The standard InChI is InChI=1S/C21H32N2O5/c1-18(22)4-5-19(2)27-16-14-25-12-10-24-11-13-26-15-17-28-21-8-6-20(23-3)7-9-21/h4-9,23H,1-2,10-17,22H2,3H3/b5-4-. The summed E-state index contributed by atoms with van der Waals surface area (Å²) in [5, 5.41) is 3.06. The van der Waals surface area contributed by atoms with Crippen LogP contribution in [0.3, 0.4) is 0 Å². The molecule has 3 N–H and O–H groups in total. The molecule has 0 unspecified atom stereocenters. The second-order valence-electron chi connectivity index (χ2n) is 5.68. The van der Waals surface area contributed by atoms with Crippen molar-refractivity contribution in [2.75, 3.05) is 65.2 Å². The molecule has 0 bridgehead atoms. The highest BCUT2D eigenvalue weighted by Crippen LogP contribution is 2.14. The van der Waals surface area contributed by atoms with E-state index >= 15 is 0 Å². The molecule has 0 aliphatic rings. The van der Waals surface area contributed by atoms with E-state index in [1.54, 1.807) is 12.2 Å². The van der Waals surface area contributed by atoms with Gasteiger partial charge in [0.25, 0.3) is 0 Å². The van der Waals surface area contributed by atoms with Gasteiger partial charge in [-0.3, -0.25) is 0 Å². The second kappa shape index (κ2) is 15.6. The normalized spacial score (nSPS) is 10.8. The van der Waals surface area contributed by atoms with E-state index in [0.29, 0.717) is 64.3 Å². The number of allylic oxidation sites excluding steroid dienone is 2. The van der Waals surface area contributed by atoms with E-state index in [-0.39, 0.29) is 0 Å². The first-order chi connectivity index (χ1) is 13.6. The van der Waals surface area contributed by atoms with Gasteiger partial charge in [0, 0.05) is 18.4 Å². The molecule has 156 valence electrons. The number of nitrogens with two attached hydrogens (primary N) is 1. The maximum absolute atomic E-state index is 5.59. The van der Waals surface area contributed by atoms with Crippen molar-refractivity contribution in [3.8, 4) is 5.75 Å². The lowest BCUT2D eigenvalue weighted by atomic mass is 10.3. The number of hydrogen-bond donors (Lipinski definition) is 2. The van der Waals surface area contributed by atoms with Gasteiger partial charge in [0.2, 0.25) is 0 Å². The fourth-order valence-electron chi connectivity index (χ4n) is 1.96. The Morgan fingerprint density at radius 3 is 1.93 bits per heavy atom. The summed E-state index contributed by atoms with van der Waals surface area (Å²) < 4.78 is 27.2. The largest absolute Gasteiger partial charge is 0.492 e. The van der Waals surface area contributed by atoms with Crippen LogP contribution in [0.1, 0.15) is 0 Å². The Bertz CT molecular complexity index is 587. The molecular formula is C21H32N2O5. The van der Waals surface area contributed by atoms with Crippen LogP contribution in [0.15, 0.2) is 61.0 Å². The third kappa shape index (κ3) is 12.8. The summed E-state index contributed by atoms with van der Waals surface area (Å²) in [5.41, 5.74) is 6.91. The number of anilines is 1. The third-order valence-corrected chi connectivity index (χ3v) is 3.38. The first kappa shape index (κ1) is 23.6. The SMILES string of the molecule is C=C(N)/C=C\C(=C)OCCOCCOCCOCCOc1ccc(NC)cc1. The molecule has 1 aromatic carbocycles. The molecule has 0 fully saturated rings. The molecule has 0 saturated carbocycles. The number of nitrogens with one attached hydrogen (secondary N) is 1. The first-order valence-corrected chi connectivity index (χ1v) is 9.20. The topological polar surface area (TPSA) is 84.2 Å². The van der Waals surface area contributed by atoms with Crippen LogP contribution < -0.4 is 15.8 Å². The first-order valence-electron chi connectivity index (χ1n) is 9.20. The van der Waals surface area contributed by atoms with Gasteiger partial charge < -0.3 is 34.7 Å². The molecule has 0 spiro atoms. The molecule has 1 rings (SSSR count). The maximum atomic E-state index is 5.59. The summed E-state index contributed by atoms with van der Waals surface area (Å²) in [6.45, 7) is 11.2. The smallest absolute Gasteiger partial charge is 0.119 e. The molecule has 7 nitrogen and oxygen atoms in total. The Hall–Kier alpha value is -2.48. The molecular weight excluding hydrogens is 360 g/mol. The van der Waals surface area contributed by atoms with Crippen LogP contribution in [0.25, 0.3) is 0 Å². The van der Waals surface area contributed by atoms with Crippen LogP contribution in [0.5, 0.6) is 5.75 Å². The summed E-state index contributed by atoms with van der Waals surface area (Å²) in [5.74, 6) is 1.34. The zero-order valence-corrected chi connectivity index (χ0v) is 16.7. The van der Waals surface area contributed by atoms with Gasteiger partial charge in [0.15, 0.2) is 0 Å². The van der Waals surface area contributed by atoms with Crippen molar-refractivity contribution in [2.45, 2.75) is 0 Å². The maximum Gasteiger partial charge on any atom is 0.119 e. The van der Waals surface area contributed by atoms with Crippen molar-refractivity contribution in [2.24, 2.45) is 5.73 Å². The van der Waals surface area contributed by atoms with E-state index in [2.05, 4.69) is 18.5 Å². The fourth-order valence-corrected chi connectivity index (χ4v) is 1.96. The second-order valence-corrected chi connectivity index (χ2v) is 5.68.